The Kier molecular flexibility index (Phi) is 5.17. The number of aliphatic hydroxyl groups is 1. The van der Waals surface area contributed by atoms with Gasteiger partial charge in [-0.1, -0.05) is 60.6 Å². The Bertz CT molecular complexity index is 1170. The third-order valence-corrected chi connectivity index (χ3v) is 6.18. The maximum atomic E-state index is 10.5. The molecule has 0 radical (unpaired) electrons. The van der Waals surface area contributed by atoms with Crippen molar-refractivity contribution in [1.29, 1.82) is 0 Å². The van der Waals surface area contributed by atoms with Crippen LogP contribution in [0.5, 0.6) is 0 Å². The summed E-state index contributed by atoms with van der Waals surface area (Å²) in [6.07, 6.45) is 0. The van der Waals surface area contributed by atoms with E-state index in [9.17, 15) is 5.11 Å². The van der Waals surface area contributed by atoms with Crippen LogP contribution in [0.1, 0.15) is 30.0 Å². The first-order valence-corrected chi connectivity index (χ1v) is 10.5. The van der Waals surface area contributed by atoms with Crippen molar-refractivity contribution in [2.75, 3.05) is 0 Å². The van der Waals surface area contributed by atoms with Crippen LogP contribution < -0.4 is 0 Å². The molecule has 4 aromatic rings. The zero-order chi connectivity index (χ0) is 20.6. The fraction of sp³-hybridized carbons (Fsp3) is 0.125. The van der Waals surface area contributed by atoms with Gasteiger partial charge in [0.2, 0.25) is 0 Å². The van der Waals surface area contributed by atoms with E-state index in [4.69, 9.17) is 11.6 Å². The Morgan fingerprint density at radius 2 is 1.72 bits per heavy atom. The highest BCUT2D eigenvalue weighted by Gasteiger charge is 2.24. The number of benzene rings is 2. The Morgan fingerprint density at radius 1 is 1.03 bits per heavy atom. The molecule has 0 unspecified atom stereocenters. The highest BCUT2D eigenvalue weighted by atomic mass is 35.5. The van der Waals surface area contributed by atoms with Crippen LogP contribution in [-0.2, 0) is 5.60 Å². The van der Waals surface area contributed by atoms with Crippen LogP contribution in [0.4, 0.5) is 0 Å². The fourth-order valence-corrected chi connectivity index (χ4v) is 4.30. The summed E-state index contributed by atoms with van der Waals surface area (Å²) in [5, 5.41) is 15.8. The van der Waals surface area contributed by atoms with Crippen molar-refractivity contribution in [2.45, 2.75) is 19.4 Å². The lowest BCUT2D eigenvalue weighted by Gasteiger charge is -2.13. The van der Waals surface area contributed by atoms with Gasteiger partial charge in [0.25, 0.3) is 0 Å². The van der Waals surface area contributed by atoms with Gasteiger partial charge in [0.15, 0.2) is 0 Å². The molecule has 2 aromatic carbocycles. The number of hydrogen-bond donors (Lipinski definition) is 1. The molecule has 1 N–H and O–H groups in total. The topological polar surface area (TPSA) is 38.1 Å². The lowest BCUT2D eigenvalue weighted by Crippen LogP contribution is -2.16. The summed E-state index contributed by atoms with van der Waals surface area (Å²) >= 11 is 8.09. The SMILES string of the molecule is C=C(c1ccccc1)c1ccc(-c2cc(C(C)(C)O)nn2-c2ccccc2Cl)s1. The second-order valence-corrected chi connectivity index (χ2v) is 8.84. The molecule has 29 heavy (non-hydrogen) atoms. The Balaban J connectivity index is 1.81. The molecule has 2 heterocycles. The average Bonchev–Trinajstić information content (AvgIpc) is 3.35. The molecule has 3 nitrogen and oxygen atoms in total. The number of rotatable bonds is 5. The summed E-state index contributed by atoms with van der Waals surface area (Å²) in [6, 6.07) is 23.8. The van der Waals surface area contributed by atoms with E-state index in [0.29, 0.717) is 10.7 Å². The van der Waals surface area contributed by atoms with Crippen LogP contribution in [0.2, 0.25) is 5.02 Å². The minimum Gasteiger partial charge on any atom is -0.384 e. The minimum absolute atomic E-state index is 0.587. The summed E-state index contributed by atoms with van der Waals surface area (Å²) in [7, 11) is 0. The van der Waals surface area contributed by atoms with Crippen LogP contribution in [0.3, 0.4) is 0 Å². The van der Waals surface area contributed by atoms with Gasteiger partial charge in [-0.15, -0.1) is 11.3 Å². The first-order valence-electron chi connectivity index (χ1n) is 9.27. The van der Waals surface area contributed by atoms with Crippen molar-refractivity contribution in [1.82, 2.24) is 9.78 Å². The second-order valence-electron chi connectivity index (χ2n) is 7.35. The molecule has 146 valence electrons. The quantitative estimate of drug-likeness (QED) is 0.398. The first-order chi connectivity index (χ1) is 13.8. The summed E-state index contributed by atoms with van der Waals surface area (Å²) in [4.78, 5) is 2.11. The smallest absolute Gasteiger partial charge is 0.103 e. The zero-order valence-corrected chi connectivity index (χ0v) is 17.8. The number of thiophene rings is 1. The maximum absolute atomic E-state index is 10.5. The van der Waals surface area contributed by atoms with Crippen LogP contribution in [0.15, 0.2) is 79.4 Å². The number of aromatic nitrogens is 2. The molecule has 0 fully saturated rings. The molecular formula is C24H21ClN2OS. The summed E-state index contributed by atoms with van der Waals surface area (Å²) < 4.78 is 1.80. The molecule has 0 aliphatic heterocycles. The molecule has 0 amide bonds. The van der Waals surface area contributed by atoms with Crippen molar-refractivity contribution >= 4 is 28.5 Å². The summed E-state index contributed by atoms with van der Waals surface area (Å²) in [5.74, 6) is 0. The molecule has 0 aliphatic rings. The number of para-hydroxylation sites is 1. The van der Waals surface area contributed by atoms with E-state index in [1.807, 2.05) is 48.5 Å². The summed E-state index contributed by atoms with van der Waals surface area (Å²) in [6.45, 7) is 7.73. The third-order valence-electron chi connectivity index (χ3n) is 4.69. The highest BCUT2D eigenvalue weighted by molar-refractivity contribution is 7.16. The van der Waals surface area contributed by atoms with Crippen molar-refractivity contribution in [3.8, 4) is 16.3 Å². The number of nitrogens with zero attached hydrogens (tertiary/aromatic N) is 2. The lowest BCUT2D eigenvalue weighted by molar-refractivity contribution is 0.0734. The molecule has 0 spiro atoms. The van der Waals surface area contributed by atoms with Crippen LogP contribution in [0.25, 0.3) is 21.8 Å². The van der Waals surface area contributed by atoms with Gasteiger partial charge in [-0.25, -0.2) is 4.68 Å². The van der Waals surface area contributed by atoms with Gasteiger partial charge < -0.3 is 5.11 Å². The molecule has 0 atom stereocenters. The van der Waals surface area contributed by atoms with Gasteiger partial charge in [0.1, 0.15) is 5.60 Å². The predicted molar refractivity (Wildman–Crippen MR) is 122 cm³/mol. The summed E-state index contributed by atoms with van der Waals surface area (Å²) in [5.41, 5.74) is 3.26. The van der Waals surface area contributed by atoms with Gasteiger partial charge in [0.05, 0.1) is 27.0 Å². The van der Waals surface area contributed by atoms with E-state index < -0.39 is 5.60 Å². The Labute approximate surface area is 179 Å². The normalized spacial score (nSPS) is 11.6. The monoisotopic (exact) mass is 420 g/mol. The van der Waals surface area contributed by atoms with E-state index in [-0.39, 0.29) is 0 Å². The standard InChI is InChI=1S/C24H21ClN2OS/c1-16(17-9-5-4-6-10-17)21-13-14-22(29-21)20-15-23(24(2,3)28)26-27(20)19-12-8-7-11-18(19)25/h4-15,28H,1H2,2-3H3. The number of halogens is 1. The van der Waals surface area contributed by atoms with E-state index in [1.165, 1.54) is 0 Å². The molecule has 0 aliphatic carbocycles. The molecular weight excluding hydrogens is 400 g/mol. The van der Waals surface area contributed by atoms with Gasteiger partial charge >= 0.3 is 0 Å². The number of hydrogen-bond acceptors (Lipinski definition) is 3. The van der Waals surface area contributed by atoms with Crippen LogP contribution in [-0.4, -0.2) is 14.9 Å². The van der Waals surface area contributed by atoms with Crippen LogP contribution in [0, 0.1) is 0 Å². The van der Waals surface area contributed by atoms with Crippen molar-refractivity contribution in [3.05, 3.63) is 101 Å². The zero-order valence-electron chi connectivity index (χ0n) is 16.3. The van der Waals surface area contributed by atoms with E-state index in [1.54, 1.807) is 29.9 Å². The largest absolute Gasteiger partial charge is 0.384 e. The van der Waals surface area contributed by atoms with Gasteiger partial charge in [-0.3, -0.25) is 0 Å². The second kappa shape index (κ2) is 7.64. The van der Waals surface area contributed by atoms with Gasteiger partial charge in [0, 0.05) is 4.88 Å². The highest BCUT2D eigenvalue weighted by Crippen LogP contribution is 2.37. The fourth-order valence-electron chi connectivity index (χ4n) is 3.08. The molecule has 5 heteroatoms. The van der Waals surface area contributed by atoms with Gasteiger partial charge in [-0.2, -0.15) is 5.10 Å². The maximum Gasteiger partial charge on any atom is 0.103 e. The molecule has 0 saturated heterocycles. The molecule has 2 aromatic heterocycles. The minimum atomic E-state index is -1.06. The van der Waals surface area contributed by atoms with E-state index in [0.717, 1.165) is 32.3 Å². The predicted octanol–water partition coefficient (Wildman–Crippen LogP) is 6.54. The van der Waals surface area contributed by atoms with Crippen LogP contribution >= 0.6 is 22.9 Å². The van der Waals surface area contributed by atoms with Crippen molar-refractivity contribution in [2.24, 2.45) is 0 Å². The van der Waals surface area contributed by atoms with Crippen molar-refractivity contribution < 1.29 is 5.11 Å². The molecule has 4 rings (SSSR count). The van der Waals surface area contributed by atoms with E-state index in [2.05, 4.69) is 35.9 Å². The average molecular weight is 421 g/mol. The van der Waals surface area contributed by atoms with Crippen molar-refractivity contribution in [3.63, 3.8) is 0 Å². The lowest BCUT2D eigenvalue weighted by atomic mass is 10.1. The molecule has 0 saturated carbocycles. The molecule has 0 bridgehead atoms. The third kappa shape index (κ3) is 3.92. The first kappa shape index (κ1) is 19.6. The Hall–Kier alpha value is -2.66. The Morgan fingerprint density at radius 3 is 2.41 bits per heavy atom. The van der Waals surface area contributed by atoms with Gasteiger partial charge in [-0.05, 0) is 55.3 Å². The van der Waals surface area contributed by atoms with E-state index >= 15 is 0 Å².